The van der Waals surface area contributed by atoms with Gasteiger partial charge in [0, 0.05) is 23.2 Å². The Morgan fingerprint density at radius 3 is 2.31 bits per heavy atom. The lowest BCUT2D eigenvalue weighted by Gasteiger charge is -2.74. The zero-order valence-electron chi connectivity index (χ0n) is 18.3. The number of aromatic nitrogens is 5. The third kappa shape index (κ3) is 3.74. The highest BCUT2D eigenvalue weighted by atomic mass is 19.4. The Bertz CT molecular complexity index is 1250. The molecule has 3 aliphatic carbocycles. The lowest BCUT2D eigenvalue weighted by atomic mass is 9.30. The van der Waals surface area contributed by atoms with Gasteiger partial charge in [0.2, 0.25) is 0 Å². The maximum atomic E-state index is 16.1. The number of hydrogen-bond donors (Lipinski definition) is 1. The van der Waals surface area contributed by atoms with Crippen molar-refractivity contribution in [3.05, 3.63) is 71.3 Å². The first-order chi connectivity index (χ1) is 16.8. The normalized spacial score (nSPS) is 25.1. The third-order valence-electron chi connectivity index (χ3n) is 7.20. The van der Waals surface area contributed by atoms with Crippen molar-refractivity contribution in [2.24, 2.45) is 5.41 Å². The van der Waals surface area contributed by atoms with Gasteiger partial charge in [0.05, 0.1) is 18.8 Å². The summed E-state index contributed by atoms with van der Waals surface area (Å²) in [6.07, 6.45) is -2.73. The maximum Gasteiger partial charge on any atom is 0.522 e. The van der Waals surface area contributed by atoms with E-state index in [-0.39, 0.29) is 25.0 Å². The summed E-state index contributed by atoms with van der Waals surface area (Å²) < 4.78 is 102. The standard InChI is InChI=1S/C22H18F7N5O2/c23-14-2-4-16(17(24)5-14)20(35,11-34-12-31-32-33-34)21(25,26)19-8-18(9-19,10-19)13-1-3-15(30-6-13)7-36-22(27,28)29/h1-6,12,35H,7-11H2. The molecule has 2 bridgehead atoms. The second kappa shape index (κ2) is 7.93. The molecular weight excluding hydrogens is 499 g/mol. The van der Waals surface area contributed by atoms with Gasteiger partial charge in [0.25, 0.3) is 5.92 Å². The van der Waals surface area contributed by atoms with Crippen LogP contribution >= 0.6 is 0 Å². The molecule has 2 aromatic heterocycles. The number of pyridine rings is 1. The highest BCUT2D eigenvalue weighted by Crippen LogP contribution is 2.80. The Balaban J connectivity index is 1.39. The topological polar surface area (TPSA) is 86.0 Å². The van der Waals surface area contributed by atoms with Gasteiger partial charge in [-0.3, -0.25) is 9.72 Å². The van der Waals surface area contributed by atoms with Crippen LogP contribution in [0.4, 0.5) is 30.7 Å². The number of tetrazole rings is 1. The van der Waals surface area contributed by atoms with E-state index in [1.807, 2.05) is 0 Å². The lowest BCUT2D eigenvalue weighted by Crippen LogP contribution is -2.76. The molecule has 2 heterocycles. The third-order valence-corrected chi connectivity index (χ3v) is 7.20. The van der Waals surface area contributed by atoms with E-state index < -0.39 is 59.1 Å². The molecule has 0 spiro atoms. The Kier molecular flexibility index (Phi) is 5.41. The number of rotatable bonds is 8. The van der Waals surface area contributed by atoms with Crippen molar-refractivity contribution in [1.82, 2.24) is 25.2 Å². The van der Waals surface area contributed by atoms with E-state index in [1.165, 1.54) is 18.3 Å². The van der Waals surface area contributed by atoms with Gasteiger partial charge in [0.15, 0.2) is 5.60 Å². The molecule has 0 radical (unpaired) electrons. The molecule has 14 heteroatoms. The first-order valence-electron chi connectivity index (χ1n) is 10.7. The van der Waals surface area contributed by atoms with E-state index in [2.05, 4.69) is 25.2 Å². The predicted molar refractivity (Wildman–Crippen MR) is 106 cm³/mol. The van der Waals surface area contributed by atoms with E-state index in [4.69, 9.17) is 0 Å². The Morgan fingerprint density at radius 1 is 1.03 bits per heavy atom. The van der Waals surface area contributed by atoms with Gasteiger partial charge >= 0.3 is 6.36 Å². The monoisotopic (exact) mass is 517 g/mol. The second-order valence-electron chi connectivity index (χ2n) is 9.43. The lowest BCUT2D eigenvalue weighted by molar-refractivity contribution is -0.347. The number of aliphatic hydroxyl groups is 1. The van der Waals surface area contributed by atoms with Crippen LogP contribution in [0.1, 0.15) is 36.1 Å². The number of halogens is 7. The summed E-state index contributed by atoms with van der Waals surface area (Å²) in [7, 11) is 0. The Hall–Kier alpha value is -3.13. The number of hydrogen-bond acceptors (Lipinski definition) is 6. The number of alkyl halides is 5. The molecule has 36 heavy (non-hydrogen) atoms. The van der Waals surface area contributed by atoms with E-state index in [1.54, 1.807) is 0 Å². The molecule has 0 aliphatic heterocycles. The highest BCUT2D eigenvalue weighted by Gasteiger charge is 2.82. The SMILES string of the molecule is OC(Cn1cnnn1)(c1ccc(F)cc1F)C(F)(F)C12CC(c3ccc(COC(F)(F)F)nc3)(C1)C2. The molecule has 0 saturated heterocycles. The van der Waals surface area contributed by atoms with Gasteiger partial charge in [-0.25, -0.2) is 22.2 Å². The Morgan fingerprint density at radius 2 is 1.75 bits per heavy atom. The molecule has 6 rings (SSSR count). The molecule has 1 aromatic carbocycles. The molecule has 3 fully saturated rings. The van der Waals surface area contributed by atoms with Gasteiger partial charge in [-0.05, 0) is 58.9 Å². The van der Waals surface area contributed by atoms with Gasteiger partial charge in [-0.1, -0.05) is 6.07 Å². The van der Waals surface area contributed by atoms with Crippen molar-refractivity contribution in [2.45, 2.75) is 55.7 Å². The van der Waals surface area contributed by atoms with Gasteiger partial charge in [-0.15, -0.1) is 18.3 Å². The van der Waals surface area contributed by atoms with Crippen LogP contribution in [0.3, 0.4) is 0 Å². The first kappa shape index (κ1) is 24.6. The fourth-order valence-corrected chi connectivity index (χ4v) is 5.51. The summed E-state index contributed by atoms with van der Waals surface area (Å²) in [5, 5.41) is 21.6. The summed E-state index contributed by atoms with van der Waals surface area (Å²) in [6.45, 7) is -1.67. The van der Waals surface area contributed by atoms with Crippen LogP contribution in [-0.4, -0.2) is 42.6 Å². The summed E-state index contributed by atoms with van der Waals surface area (Å²) >= 11 is 0. The molecule has 1 unspecified atom stereocenters. The van der Waals surface area contributed by atoms with E-state index in [0.717, 1.165) is 23.1 Å². The highest BCUT2D eigenvalue weighted by molar-refractivity contribution is 5.42. The van der Waals surface area contributed by atoms with Crippen LogP contribution in [-0.2, 0) is 28.9 Å². The smallest absolute Gasteiger partial charge is 0.377 e. The first-order valence-corrected chi connectivity index (χ1v) is 10.7. The zero-order chi connectivity index (χ0) is 26.0. The van der Waals surface area contributed by atoms with Crippen LogP contribution in [0.5, 0.6) is 0 Å². The van der Waals surface area contributed by atoms with Gasteiger partial charge in [-0.2, -0.15) is 0 Å². The summed E-state index contributed by atoms with van der Waals surface area (Å²) in [5.41, 5.74) is -5.72. The molecule has 3 saturated carbocycles. The average Bonchev–Trinajstić information content (AvgIpc) is 3.23. The minimum Gasteiger partial charge on any atom is -0.377 e. The molecule has 3 aliphatic rings. The van der Waals surface area contributed by atoms with Crippen LogP contribution in [0.2, 0.25) is 0 Å². The quantitative estimate of drug-likeness (QED) is 0.455. The maximum absolute atomic E-state index is 16.1. The molecular formula is C22H18F7N5O2. The molecule has 3 aromatic rings. The second-order valence-corrected chi connectivity index (χ2v) is 9.43. The van der Waals surface area contributed by atoms with E-state index >= 15 is 8.78 Å². The van der Waals surface area contributed by atoms with Crippen molar-refractivity contribution in [3.8, 4) is 0 Å². The fourth-order valence-electron chi connectivity index (χ4n) is 5.51. The Labute approximate surface area is 198 Å². The van der Waals surface area contributed by atoms with Crippen molar-refractivity contribution in [1.29, 1.82) is 0 Å². The number of benzene rings is 1. The van der Waals surface area contributed by atoms with Crippen LogP contribution in [0, 0.1) is 17.0 Å². The van der Waals surface area contributed by atoms with Gasteiger partial charge in [0.1, 0.15) is 18.0 Å². The summed E-state index contributed by atoms with van der Waals surface area (Å²) in [4.78, 5) is 3.93. The van der Waals surface area contributed by atoms with Crippen LogP contribution < -0.4 is 0 Å². The largest absolute Gasteiger partial charge is 0.522 e. The zero-order valence-corrected chi connectivity index (χ0v) is 18.3. The molecule has 1 N–H and O–H groups in total. The van der Waals surface area contributed by atoms with E-state index in [9.17, 15) is 27.1 Å². The summed E-state index contributed by atoms with van der Waals surface area (Å²) in [6, 6.07) is 4.80. The molecule has 7 nitrogen and oxygen atoms in total. The molecule has 0 amide bonds. The van der Waals surface area contributed by atoms with Crippen LogP contribution in [0.15, 0.2) is 42.9 Å². The average molecular weight is 517 g/mol. The van der Waals surface area contributed by atoms with Gasteiger partial charge < -0.3 is 5.11 Å². The molecule has 1 atom stereocenters. The molecule has 192 valence electrons. The van der Waals surface area contributed by atoms with Crippen LogP contribution in [0.25, 0.3) is 0 Å². The number of nitrogens with zero attached hydrogens (tertiary/aromatic N) is 5. The number of ether oxygens (including phenoxy) is 1. The minimum atomic E-state index is -4.81. The van der Waals surface area contributed by atoms with E-state index in [0.29, 0.717) is 11.6 Å². The van der Waals surface area contributed by atoms with Crippen molar-refractivity contribution < 1.29 is 40.6 Å². The van der Waals surface area contributed by atoms with Crippen molar-refractivity contribution in [3.63, 3.8) is 0 Å². The minimum absolute atomic E-state index is 0.0188. The predicted octanol–water partition coefficient (Wildman–Crippen LogP) is 4.03. The summed E-state index contributed by atoms with van der Waals surface area (Å²) in [5.74, 6) is -6.22. The fraction of sp³-hybridized carbons (Fsp3) is 0.455. The van der Waals surface area contributed by atoms with Crippen molar-refractivity contribution >= 4 is 0 Å². The van der Waals surface area contributed by atoms with Crippen molar-refractivity contribution in [2.75, 3.05) is 0 Å².